The van der Waals surface area contributed by atoms with Crippen LogP contribution in [0.15, 0.2) is 42.7 Å². The van der Waals surface area contributed by atoms with Crippen LogP contribution in [0.3, 0.4) is 0 Å². The minimum atomic E-state index is -0.564. The van der Waals surface area contributed by atoms with Gasteiger partial charge in [0.2, 0.25) is 0 Å². The second-order valence-electron chi connectivity index (χ2n) is 3.85. The standard InChI is InChI=1S/C13H16N4O/c1-14-12-8-15-9-13(17-12)16-7-11(18)10-5-3-2-4-6-10/h2-6,8-9,11,18H,7H2,1H3,(H2,14,16,17). The maximum atomic E-state index is 9.98. The summed E-state index contributed by atoms with van der Waals surface area (Å²) >= 11 is 0. The average Bonchev–Trinajstić information content (AvgIpc) is 2.46. The van der Waals surface area contributed by atoms with E-state index in [0.29, 0.717) is 18.2 Å². The highest BCUT2D eigenvalue weighted by molar-refractivity contribution is 5.41. The quantitative estimate of drug-likeness (QED) is 0.746. The fourth-order valence-electron chi connectivity index (χ4n) is 1.57. The Morgan fingerprint density at radius 1 is 1.17 bits per heavy atom. The second-order valence-corrected chi connectivity index (χ2v) is 3.85. The number of nitrogens with one attached hydrogen (secondary N) is 2. The van der Waals surface area contributed by atoms with Crippen LogP contribution in [0.4, 0.5) is 11.6 Å². The average molecular weight is 244 g/mol. The SMILES string of the molecule is CNc1cncc(NCC(O)c2ccccc2)n1. The molecule has 1 heterocycles. The first-order valence-electron chi connectivity index (χ1n) is 5.76. The summed E-state index contributed by atoms with van der Waals surface area (Å²) in [6.45, 7) is 0.395. The van der Waals surface area contributed by atoms with Gasteiger partial charge in [0.05, 0.1) is 18.5 Å². The fraction of sp³-hybridized carbons (Fsp3) is 0.231. The van der Waals surface area contributed by atoms with E-state index < -0.39 is 6.10 Å². The van der Waals surface area contributed by atoms with Gasteiger partial charge in [-0.15, -0.1) is 0 Å². The molecule has 1 atom stereocenters. The van der Waals surface area contributed by atoms with Gasteiger partial charge in [0.15, 0.2) is 0 Å². The lowest BCUT2D eigenvalue weighted by Gasteiger charge is -2.12. The third-order valence-electron chi connectivity index (χ3n) is 2.55. The lowest BCUT2D eigenvalue weighted by atomic mass is 10.1. The lowest BCUT2D eigenvalue weighted by molar-refractivity contribution is 0.191. The number of benzene rings is 1. The zero-order chi connectivity index (χ0) is 12.8. The Bertz CT molecular complexity index is 489. The molecule has 0 aliphatic heterocycles. The second kappa shape index (κ2) is 5.97. The minimum Gasteiger partial charge on any atom is -0.387 e. The Kier molecular flexibility index (Phi) is 4.09. The van der Waals surface area contributed by atoms with Crippen molar-refractivity contribution < 1.29 is 5.11 Å². The molecule has 94 valence electrons. The molecule has 0 fully saturated rings. The van der Waals surface area contributed by atoms with E-state index in [1.54, 1.807) is 19.4 Å². The van der Waals surface area contributed by atoms with Crippen LogP contribution in [-0.4, -0.2) is 28.7 Å². The lowest BCUT2D eigenvalue weighted by Crippen LogP contribution is -2.13. The Morgan fingerprint density at radius 3 is 2.61 bits per heavy atom. The summed E-state index contributed by atoms with van der Waals surface area (Å²) in [5, 5.41) is 15.9. The molecule has 2 rings (SSSR count). The molecule has 5 nitrogen and oxygen atoms in total. The first-order chi connectivity index (χ1) is 8.79. The van der Waals surface area contributed by atoms with Crippen molar-refractivity contribution in [2.75, 3.05) is 24.2 Å². The first kappa shape index (κ1) is 12.3. The van der Waals surface area contributed by atoms with Crippen molar-refractivity contribution in [2.24, 2.45) is 0 Å². The molecule has 0 spiro atoms. The fourth-order valence-corrected chi connectivity index (χ4v) is 1.57. The van der Waals surface area contributed by atoms with Gasteiger partial charge in [-0.05, 0) is 5.56 Å². The Morgan fingerprint density at radius 2 is 1.89 bits per heavy atom. The molecule has 3 N–H and O–H groups in total. The van der Waals surface area contributed by atoms with Crippen molar-refractivity contribution >= 4 is 11.6 Å². The van der Waals surface area contributed by atoms with Crippen LogP contribution in [-0.2, 0) is 0 Å². The highest BCUT2D eigenvalue weighted by Crippen LogP contribution is 2.13. The molecule has 0 radical (unpaired) electrons. The maximum absolute atomic E-state index is 9.98. The Hall–Kier alpha value is -2.14. The zero-order valence-electron chi connectivity index (χ0n) is 10.2. The number of rotatable bonds is 5. The van der Waals surface area contributed by atoms with E-state index in [2.05, 4.69) is 20.6 Å². The van der Waals surface area contributed by atoms with Gasteiger partial charge in [-0.2, -0.15) is 0 Å². The highest BCUT2D eigenvalue weighted by Gasteiger charge is 2.06. The van der Waals surface area contributed by atoms with Crippen molar-refractivity contribution in [1.29, 1.82) is 0 Å². The largest absolute Gasteiger partial charge is 0.387 e. The Labute approximate surface area is 106 Å². The van der Waals surface area contributed by atoms with Gasteiger partial charge in [0.25, 0.3) is 0 Å². The van der Waals surface area contributed by atoms with Crippen LogP contribution < -0.4 is 10.6 Å². The van der Waals surface area contributed by atoms with Crippen molar-refractivity contribution in [3.8, 4) is 0 Å². The van der Waals surface area contributed by atoms with Gasteiger partial charge in [0, 0.05) is 13.6 Å². The molecule has 0 amide bonds. The topological polar surface area (TPSA) is 70.1 Å². The zero-order valence-corrected chi connectivity index (χ0v) is 10.2. The molecule has 5 heteroatoms. The van der Waals surface area contributed by atoms with Crippen LogP contribution in [0, 0.1) is 0 Å². The van der Waals surface area contributed by atoms with Crippen LogP contribution in [0.25, 0.3) is 0 Å². The van der Waals surface area contributed by atoms with Gasteiger partial charge >= 0.3 is 0 Å². The van der Waals surface area contributed by atoms with Crippen molar-refractivity contribution in [2.45, 2.75) is 6.10 Å². The molecule has 2 aromatic rings. The molecule has 1 unspecified atom stereocenters. The summed E-state index contributed by atoms with van der Waals surface area (Å²) < 4.78 is 0. The number of nitrogens with zero attached hydrogens (tertiary/aromatic N) is 2. The summed E-state index contributed by atoms with van der Waals surface area (Å²) in [7, 11) is 1.78. The summed E-state index contributed by atoms with van der Waals surface area (Å²) in [5.74, 6) is 1.33. The van der Waals surface area contributed by atoms with Crippen LogP contribution >= 0.6 is 0 Å². The third kappa shape index (κ3) is 3.18. The smallest absolute Gasteiger partial charge is 0.147 e. The van der Waals surface area contributed by atoms with E-state index in [1.165, 1.54) is 0 Å². The predicted molar refractivity (Wildman–Crippen MR) is 71.5 cm³/mol. The maximum Gasteiger partial charge on any atom is 0.147 e. The van der Waals surface area contributed by atoms with Gasteiger partial charge in [-0.3, -0.25) is 4.98 Å². The van der Waals surface area contributed by atoms with E-state index in [1.807, 2.05) is 30.3 Å². The number of aliphatic hydroxyl groups excluding tert-OH is 1. The van der Waals surface area contributed by atoms with Crippen LogP contribution in [0.5, 0.6) is 0 Å². The van der Waals surface area contributed by atoms with Crippen LogP contribution in [0.1, 0.15) is 11.7 Å². The molecular formula is C13H16N4O. The highest BCUT2D eigenvalue weighted by atomic mass is 16.3. The predicted octanol–water partition coefficient (Wildman–Crippen LogP) is 1.66. The van der Waals surface area contributed by atoms with Crippen molar-refractivity contribution in [1.82, 2.24) is 9.97 Å². The minimum absolute atomic E-state index is 0.395. The number of hydrogen-bond donors (Lipinski definition) is 3. The van der Waals surface area contributed by atoms with Gasteiger partial charge in [0.1, 0.15) is 11.6 Å². The van der Waals surface area contributed by atoms with Gasteiger partial charge < -0.3 is 15.7 Å². The summed E-state index contributed by atoms with van der Waals surface area (Å²) in [6, 6.07) is 9.51. The number of hydrogen-bond acceptors (Lipinski definition) is 5. The van der Waals surface area contributed by atoms with Crippen molar-refractivity contribution in [3.63, 3.8) is 0 Å². The summed E-state index contributed by atoms with van der Waals surface area (Å²) in [5.41, 5.74) is 0.878. The van der Waals surface area contributed by atoms with Gasteiger partial charge in [-0.1, -0.05) is 30.3 Å². The summed E-state index contributed by atoms with van der Waals surface area (Å²) in [4.78, 5) is 8.30. The number of aliphatic hydroxyl groups is 1. The molecule has 0 aliphatic carbocycles. The summed E-state index contributed by atoms with van der Waals surface area (Å²) in [6.07, 6.45) is 2.70. The third-order valence-corrected chi connectivity index (χ3v) is 2.55. The number of anilines is 2. The monoisotopic (exact) mass is 244 g/mol. The first-order valence-corrected chi connectivity index (χ1v) is 5.76. The normalized spacial score (nSPS) is 11.9. The van der Waals surface area contributed by atoms with E-state index >= 15 is 0 Å². The molecule has 1 aromatic carbocycles. The van der Waals surface area contributed by atoms with E-state index in [-0.39, 0.29) is 0 Å². The Balaban J connectivity index is 1.95. The molecule has 0 bridgehead atoms. The molecule has 18 heavy (non-hydrogen) atoms. The van der Waals surface area contributed by atoms with E-state index in [4.69, 9.17) is 0 Å². The van der Waals surface area contributed by atoms with E-state index in [0.717, 1.165) is 5.56 Å². The van der Waals surface area contributed by atoms with Gasteiger partial charge in [-0.25, -0.2) is 4.98 Å². The molecule has 0 saturated heterocycles. The van der Waals surface area contributed by atoms with Crippen molar-refractivity contribution in [3.05, 3.63) is 48.3 Å². The van der Waals surface area contributed by atoms with Crippen LogP contribution in [0.2, 0.25) is 0 Å². The molecule has 0 aliphatic rings. The molecular weight excluding hydrogens is 228 g/mol. The molecule has 1 aromatic heterocycles. The molecule has 0 saturated carbocycles. The number of aromatic nitrogens is 2. The van der Waals surface area contributed by atoms with E-state index in [9.17, 15) is 5.11 Å².